The molecule has 0 atom stereocenters. The van der Waals surface area contributed by atoms with Crippen molar-refractivity contribution >= 4 is 23.6 Å². The summed E-state index contributed by atoms with van der Waals surface area (Å²) in [6, 6.07) is 14.0. The summed E-state index contributed by atoms with van der Waals surface area (Å²) < 4.78 is 5.23. The zero-order valence-electron chi connectivity index (χ0n) is 17.3. The molecule has 0 fully saturated rings. The van der Waals surface area contributed by atoms with Gasteiger partial charge in [-0.15, -0.1) is 0 Å². The lowest BCUT2D eigenvalue weighted by molar-refractivity contribution is -0.123. The van der Waals surface area contributed by atoms with Crippen LogP contribution in [-0.4, -0.2) is 35.2 Å². The normalized spacial score (nSPS) is 10.8. The van der Waals surface area contributed by atoms with E-state index in [9.17, 15) is 14.4 Å². The van der Waals surface area contributed by atoms with Crippen LogP contribution in [0.1, 0.15) is 42.3 Å². The van der Waals surface area contributed by atoms with Gasteiger partial charge in [-0.2, -0.15) is 0 Å². The summed E-state index contributed by atoms with van der Waals surface area (Å²) in [5, 5.41) is 16.8. The van der Waals surface area contributed by atoms with E-state index in [0.717, 1.165) is 5.56 Å². The van der Waals surface area contributed by atoms with Gasteiger partial charge in [-0.25, -0.2) is 4.79 Å². The van der Waals surface area contributed by atoms with E-state index in [1.807, 2.05) is 6.07 Å². The lowest BCUT2D eigenvalue weighted by Crippen LogP contribution is -2.29. The number of carbonyl (C=O) groups excluding carboxylic acids is 3. The summed E-state index contributed by atoms with van der Waals surface area (Å²) >= 11 is 0. The Morgan fingerprint density at radius 1 is 0.967 bits per heavy atom. The molecule has 8 nitrogen and oxygen atoms in total. The average Bonchev–Trinajstić information content (AvgIpc) is 2.69. The molecule has 0 spiro atoms. The van der Waals surface area contributed by atoms with Crippen molar-refractivity contribution < 1.29 is 24.2 Å². The molecular weight excluding hydrogens is 386 g/mol. The Morgan fingerprint density at radius 3 is 2.40 bits per heavy atom. The molecule has 2 aromatic carbocycles. The maximum atomic E-state index is 12.6. The van der Waals surface area contributed by atoms with Gasteiger partial charge in [-0.1, -0.05) is 30.3 Å². The Kier molecular flexibility index (Phi) is 7.94. The maximum Gasteiger partial charge on any atom is 0.412 e. The van der Waals surface area contributed by atoms with E-state index in [1.165, 1.54) is 0 Å². The Balaban J connectivity index is 1.98. The van der Waals surface area contributed by atoms with Crippen LogP contribution in [0.5, 0.6) is 0 Å². The molecule has 3 amide bonds. The zero-order valence-corrected chi connectivity index (χ0v) is 17.3. The van der Waals surface area contributed by atoms with Crippen LogP contribution in [0.15, 0.2) is 48.5 Å². The standard InChI is InChI=1S/C22H27N3O5/c1-22(2,3)30-21(29)25-17-9-6-7-15(11-17)12-24-20(28)18-10-5-4-8-16(18)13-23-19(27)14-26/h4-11,26H,12-14H2,1-3H3,(H,23,27)(H,24,28)(H,25,29). The molecule has 30 heavy (non-hydrogen) atoms. The number of benzene rings is 2. The van der Waals surface area contributed by atoms with Crippen LogP contribution >= 0.6 is 0 Å². The summed E-state index contributed by atoms with van der Waals surface area (Å²) in [7, 11) is 0. The van der Waals surface area contributed by atoms with Gasteiger partial charge < -0.3 is 20.5 Å². The van der Waals surface area contributed by atoms with Crippen LogP contribution in [-0.2, 0) is 22.6 Å². The third kappa shape index (κ3) is 7.56. The molecule has 4 N–H and O–H groups in total. The summed E-state index contributed by atoms with van der Waals surface area (Å²) in [5.74, 6) is -0.811. The highest BCUT2D eigenvalue weighted by Gasteiger charge is 2.16. The average molecular weight is 413 g/mol. The second-order valence-electron chi connectivity index (χ2n) is 7.60. The van der Waals surface area contributed by atoms with Crippen molar-refractivity contribution in [2.75, 3.05) is 11.9 Å². The fourth-order valence-electron chi connectivity index (χ4n) is 2.60. The fourth-order valence-corrected chi connectivity index (χ4v) is 2.60. The predicted molar refractivity (Wildman–Crippen MR) is 113 cm³/mol. The molecule has 0 heterocycles. The largest absolute Gasteiger partial charge is 0.444 e. The number of hydrogen-bond acceptors (Lipinski definition) is 5. The van der Waals surface area contributed by atoms with Crippen molar-refractivity contribution in [3.05, 3.63) is 65.2 Å². The molecular formula is C22H27N3O5. The Morgan fingerprint density at radius 2 is 1.70 bits per heavy atom. The van der Waals surface area contributed by atoms with Crippen LogP contribution in [0.3, 0.4) is 0 Å². The van der Waals surface area contributed by atoms with Crippen molar-refractivity contribution in [2.45, 2.75) is 39.5 Å². The first-order valence-electron chi connectivity index (χ1n) is 9.50. The highest BCUT2D eigenvalue weighted by atomic mass is 16.6. The van der Waals surface area contributed by atoms with E-state index in [-0.39, 0.29) is 19.0 Å². The predicted octanol–water partition coefficient (Wildman–Crippen LogP) is 2.57. The minimum absolute atomic E-state index is 0.137. The molecule has 0 saturated heterocycles. The molecule has 0 aromatic heterocycles. The first-order chi connectivity index (χ1) is 14.2. The fraction of sp³-hybridized carbons (Fsp3) is 0.318. The second-order valence-corrected chi connectivity index (χ2v) is 7.60. The van der Waals surface area contributed by atoms with Crippen molar-refractivity contribution in [1.29, 1.82) is 0 Å². The number of aliphatic hydroxyl groups excluding tert-OH is 1. The monoisotopic (exact) mass is 413 g/mol. The SMILES string of the molecule is CC(C)(C)OC(=O)Nc1cccc(CNC(=O)c2ccccc2CNC(=O)CO)c1. The quantitative estimate of drug-likeness (QED) is 0.557. The molecule has 0 aliphatic carbocycles. The minimum atomic E-state index is -0.609. The smallest absolute Gasteiger partial charge is 0.412 e. The Labute approximate surface area is 175 Å². The number of rotatable bonds is 7. The van der Waals surface area contributed by atoms with Crippen LogP contribution in [0, 0.1) is 0 Å². The number of ether oxygens (including phenoxy) is 1. The molecule has 2 rings (SSSR count). The number of nitrogens with one attached hydrogen (secondary N) is 3. The maximum absolute atomic E-state index is 12.6. The van der Waals surface area contributed by atoms with Crippen LogP contribution < -0.4 is 16.0 Å². The molecule has 0 saturated carbocycles. The molecule has 2 aromatic rings. The molecule has 160 valence electrons. The first kappa shape index (κ1) is 22.9. The van der Waals surface area contributed by atoms with Gasteiger partial charge in [0.2, 0.25) is 5.91 Å². The van der Waals surface area contributed by atoms with E-state index in [4.69, 9.17) is 9.84 Å². The third-order valence-corrected chi connectivity index (χ3v) is 3.91. The molecule has 0 bridgehead atoms. The van der Waals surface area contributed by atoms with Crippen molar-refractivity contribution in [3.8, 4) is 0 Å². The van der Waals surface area contributed by atoms with Crippen LogP contribution in [0.2, 0.25) is 0 Å². The van der Waals surface area contributed by atoms with Gasteiger partial charge in [0.25, 0.3) is 5.91 Å². The minimum Gasteiger partial charge on any atom is -0.444 e. The summed E-state index contributed by atoms with van der Waals surface area (Å²) in [5.41, 5.74) is 1.82. The molecule has 0 aliphatic rings. The lowest BCUT2D eigenvalue weighted by atomic mass is 10.1. The van der Waals surface area contributed by atoms with E-state index in [0.29, 0.717) is 16.8 Å². The van der Waals surface area contributed by atoms with Crippen molar-refractivity contribution in [2.24, 2.45) is 0 Å². The number of anilines is 1. The van der Waals surface area contributed by atoms with Crippen molar-refractivity contribution in [1.82, 2.24) is 10.6 Å². The van der Waals surface area contributed by atoms with Crippen molar-refractivity contribution in [3.63, 3.8) is 0 Å². The molecule has 0 aliphatic heterocycles. The zero-order chi connectivity index (χ0) is 22.1. The molecule has 0 unspecified atom stereocenters. The van der Waals surface area contributed by atoms with Crippen LogP contribution in [0.4, 0.5) is 10.5 Å². The van der Waals surface area contributed by atoms with Gasteiger partial charge in [-0.05, 0) is 50.1 Å². The second kappa shape index (κ2) is 10.4. The van der Waals surface area contributed by atoms with Crippen LogP contribution in [0.25, 0.3) is 0 Å². The summed E-state index contributed by atoms with van der Waals surface area (Å²) in [6.07, 6.45) is -0.553. The Hall–Kier alpha value is -3.39. The van der Waals surface area contributed by atoms with E-state index < -0.39 is 24.2 Å². The third-order valence-electron chi connectivity index (χ3n) is 3.91. The van der Waals surface area contributed by atoms with Gasteiger partial charge in [-0.3, -0.25) is 14.9 Å². The molecule has 8 heteroatoms. The van der Waals surface area contributed by atoms with E-state index in [1.54, 1.807) is 63.2 Å². The highest BCUT2D eigenvalue weighted by Crippen LogP contribution is 2.14. The topological polar surface area (TPSA) is 117 Å². The number of carbonyl (C=O) groups is 3. The highest BCUT2D eigenvalue weighted by molar-refractivity contribution is 5.95. The number of amides is 3. The summed E-state index contributed by atoms with van der Waals surface area (Å²) in [6.45, 7) is 5.13. The number of aliphatic hydroxyl groups is 1. The Bertz CT molecular complexity index is 906. The van der Waals surface area contributed by atoms with Gasteiger partial charge >= 0.3 is 6.09 Å². The first-order valence-corrected chi connectivity index (χ1v) is 9.50. The lowest BCUT2D eigenvalue weighted by Gasteiger charge is -2.19. The summed E-state index contributed by atoms with van der Waals surface area (Å²) in [4.78, 5) is 35.8. The van der Waals surface area contributed by atoms with Gasteiger partial charge in [0, 0.05) is 24.3 Å². The molecule has 0 radical (unpaired) electrons. The van der Waals surface area contributed by atoms with Gasteiger partial charge in [0.05, 0.1) is 0 Å². The van der Waals surface area contributed by atoms with E-state index in [2.05, 4.69) is 16.0 Å². The van der Waals surface area contributed by atoms with Gasteiger partial charge in [0.1, 0.15) is 12.2 Å². The van der Waals surface area contributed by atoms with E-state index >= 15 is 0 Å². The number of hydrogen-bond donors (Lipinski definition) is 4. The van der Waals surface area contributed by atoms with Gasteiger partial charge in [0.15, 0.2) is 0 Å².